The van der Waals surface area contributed by atoms with Crippen LogP contribution in [0.4, 0.5) is 5.82 Å². The van der Waals surface area contributed by atoms with Crippen LogP contribution in [0, 0.1) is 0 Å². The number of carboxylic acids is 1. The van der Waals surface area contributed by atoms with Crippen LogP contribution in [0.15, 0.2) is 36.5 Å². The predicted octanol–water partition coefficient (Wildman–Crippen LogP) is -0.650. The van der Waals surface area contributed by atoms with E-state index in [9.17, 15) is 24.7 Å². The van der Waals surface area contributed by atoms with Crippen molar-refractivity contribution < 1.29 is 29.9 Å². The molecule has 1 heterocycles. The zero-order valence-corrected chi connectivity index (χ0v) is 13.7. The number of nitrogens with zero attached hydrogens (tertiary/aromatic N) is 1. The van der Waals surface area contributed by atoms with Gasteiger partial charge in [-0.25, -0.2) is 9.78 Å². The third kappa shape index (κ3) is 4.95. The van der Waals surface area contributed by atoms with Crippen molar-refractivity contribution in [3.8, 4) is 5.75 Å². The number of benzene rings is 1. The highest BCUT2D eigenvalue weighted by Gasteiger charge is 2.27. The van der Waals surface area contributed by atoms with Crippen molar-refractivity contribution in [2.24, 2.45) is 0 Å². The van der Waals surface area contributed by atoms with E-state index in [-0.39, 0.29) is 29.8 Å². The van der Waals surface area contributed by atoms with Crippen molar-refractivity contribution in [1.29, 1.82) is 0 Å². The fourth-order valence-electron chi connectivity index (χ4n) is 2.44. The first kappa shape index (κ1) is 19.2. The quantitative estimate of drug-likeness (QED) is 0.355. The number of hydrogen-bond donors (Lipinski definition) is 6. The number of rotatable bonds is 7. The second-order valence-corrected chi connectivity index (χ2v) is 5.68. The lowest BCUT2D eigenvalue weighted by molar-refractivity contribution is -0.120. The normalized spacial score (nSPS) is 11.6. The number of nitrogen functional groups attached to an aromatic ring is 1. The second-order valence-electron chi connectivity index (χ2n) is 5.68. The van der Waals surface area contributed by atoms with Crippen LogP contribution in [0.3, 0.4) is 0 Å². The molecule has 0 aliphatic carbocycles. The van der Waals surface area contributed by atoms with Gasteiger partial charge in [-0.05, 0) is 35.7 Å². The Morgan fingerprint density at radius 3 is 2.62 bits per heavy atom. The fourth-order valence-corrected chi connectivity index (χ4v) is 2.44. The Morgan fingerprint density at radius 1 is 1.27 bits per heavy atom. The third-order valence-electron chi connectivity index (χ3n) is 3.71. The SMILES string of the molecule is Nc1cc(CC(=O)NC(Cc2cccc(C(=O)O)c2O)B(O)O)ccn1. The topological polar surface area (TPSA) is 166 Å². The number of para-hydroxylation sites is 1. The van der Waals surface area contributed by atoms with Crippen molar-refractivity contribution in [1.82, 2.24) is 10.3 Å². The maximum Gasteiger partial charge on any atom is 0.475 e. The van der Waals surface area contributed by atoms with Gasteiger partial charge in [0, 0.05) is 6.20 Å². The van der Waals surface area contributed by atoms with Gasteiger partial charge in [0.05, 0.1) is 12.4 Å². The maximum atomic E-state index is 12.1. The predicted molar refractivity (Wildman–Crippen MR) is 93.2 cm³/mol. The molecule has 2 aromatic rings. The monoisotopic (exact) mass is 359 g/mol. The van der Waals surface area contributed by atoms with Crippen LogP contribution in [-0.4, -0.2) is 50.2 Å². The molecule has 0 fully saturated rings. The molecule has 0 aliphatic heterocycles. The molecule has 0 aliphatic rings. The maximum absolute atomic E-state index is 12.1. The molecule has 7 N–H and O–H groups in total. The number of nitrogens with two attached hydrogens (primary N) is 1. The molecule has 26 heavy (non-hydrogen) atoms. The minimum absolute atomic E-state index is 0.0584. The summed E-state index contributed by atoms with van der Waals surface area (Å²) in [4.78, 5) is 27.0. The Bertz CT molecular complexity index is 814. The molecule has 9 nitrogen and oxygen atoms in total. The van der Waals surface area contributed by atoms with Crippen LogP contribution in [-0.2, 0) is 17.6 Å². The molecule has 0 bridgehead atoms. The number of nitrogens with one attached hydrogen (secondary N) is 1. The number of aromatic nitrogens is 1. The molecular formula is C16H18BN3O6. The van der Waals surface area contributed by atoms with Gasteiger partial charge in [0.1, 0.15) is 17.1 Å². The van der Waals surface area contributed by atoms with Gasteiger partial charge in [0.2, 0.25) is 5.91 Å². The fraction of sp³-hybridized carbons (Fsp3) is 0.188. The zero-order valence-electron chi connectivity index (χ0n) is 13.7. The largest absolute Gasteiger partial charge is 0.507 e. The van der Waals surface area contributed by atoms with E-state index in [1.807, 2.05) is 0 Å². The van der Waals surface area contributed by atoms with E-state index in [4.69, 9.17) is 10.8 Å². The molecule has 1 aromatic heterocycles. The Balaban J connectivity index is 2.11. The van der Waals surface area contributed by atoms with Crippen molar-refractivity contribution in [3.05, 3.63) is 53.2 Å². The lowest BCUT2D eigenvalue weighted by atomic mass is 9.75. The summed E-state index contributed by atoms with van der Waals surface area (Å²) in [6, 6.07) is 7.19. The van der Waals surface area contributed by atoms with E-state index in [1.165, 1.54) is 30.5 Å². The van der Waals surface area contributed by atoms with Crippen molar-refractivity contribution in [2.45, 2.75) is 18.8 Å². The van der Waals surface area contributed by atoms with Gasteiger partial charge in [-0.3, -0.25) is 4.79 Å². The number of anilines is 1. The number of carbonyl (C=O) groups is 2. The highest BCUT2D eigenvalue weighted by Crippen LogP contribution is 2.24. The summed E-state index contributed by atoms with van der Waals surface area (Å²) < 4.78 is 0. The molecule has 2 rings (SSSR count). The van der Waals surface area contributed by atoms with Crippen LogP contribution in [0.1, 0.15) is 21.5 Å². The average molecular weight is 359 g/mol. The molecule has 136 valence electrons. The lowest BCUT2D eigenvalue weighted by Crippen LogP contribution is -2.48. The minimum atomic E-state index is -1.91. The first-order valence-corrected chi connectivity index (χ1v) is 7.68. The summed E-state index contributed by atoms with van der Waals surface area (Å²) >= 11 is 0. The van der Waals surface area contributed by atoms with E-state index in [1.54, 1.807) is 6.07 Å². The molecule has 0 spiro atoms. The molecule has 1 amide bonds. The summed E-state index contributed by atoms with van der Waals surface area (Å²) in [6.07, 6.45) is 1.22. The van der Waals surface area contributed by atoms with E-state index < -0.39 is 30.7 Å². The Kier molecular flexibility index (Phi) is 6.15. The second kappa shape index (κ2) is 8.32. The molecule has 10 heteroatoms. The van der Waals surface area contributed by atoms with E-state index in [0.29, 0.717) is 5.56 Å². The van der Waals surface area contributed by atoms with Crippen LogP contribution in [0.5, 0.6) is 5.75 Å². The average Bonchev–Trinajstić information content (AvgIpc) is 2.55. The zero-order chi connectivity index (χ0) is 19.3. The minimum Gasteiger partial charge on any atom is -0.507 e. The Morgan fingerprint density at radius 2 is 2.00 bits per heavy atom. The highest BCUT2D eigenvalue weighted by atomic mass is 16.4. The third-order valence-corrected chi connectivity index (χ3v) is 3.71. The van der Waals surface area contributed by atoms with Crippen LogP contribution >= 0.6 is 0 Å². The number of hydrogen-bond acceptors (Lipinski definition) is 7. The highest BCUT2D eigenvalue weighted by molar-refractivity contribution is 6.43. The molecule has 0 saturated carbocycles. The molecule has 0 radical (unpaired) electrons. The van der Waals surface area contributed by atoms with E-state index >= 15 is 0 Å². The number of aromatic hydroxyl groups is 1. The Hall–Kier alpha value is -3.11. The number of phenols is 1. The van der Waals surface area contributed by atoms with Gasteiger partial charge < -0.3 is 31.3 Å². The lowest BCUT2D eigenvalue weighted by Gasteiger charge is -2.19. The van der Waals surface area contributed by atoms with Gasteiger partial charge in [0.15, 0.2) is 0 Å². The summed E-state index contributed by atoms with van der Waals surface area (Å²) in [6.45, 7) is 0. The van der Waals surface area contributed by atoms with Crippen LogP contribution in [0.25, 0.3) is 0 Å². The number of carboxylic acid groups (broad SMARTS) is 1. The first-order valence-electron chi connectivity index (χ1n) is 7.68. The molecule has 1 atom stereocenters. The molecule has 1 aromatic carbocycles. The summed E-state index contributed by atoms with van der Waals surface area (Å²) in [7, 11) is -1.91. The first-order chi connectivity index (χ1) is 12.3. The van der Waals surface area contributed by atoms with E-state index in [0.717, 1.165) is 0 Å². The molecule has 0 saturated heterocycles. The molecular weight excluding hydrogens is 341 g/mol. The number of aromatic carboxylic acids is 1. The van der Waals surface area contributed by atoms with Gasteiger partial charge in [-0.1, -0.05) is 12.1 Å². The van der Waals surface area contributed by atoms with Gasteiger partial charge in [0.25, 0.3) is 0 Å². The smallest absolute Gasteiger partial charge is 0.475 e. The van der Waals surface area contributed by atoms with Crippen LogP contribution in [0.2, 0.25) is 0 Å². The molecule has 1 unspecified atom stereocenters. The van der Waals surface area contributed by atoms with Gasteiger partial charge in [-0.2, -0.15) is 0 Å². The van der Waals surface area contributed by atoms with Gasteiger partial charge in [-0.15, -0.1) is 0 Å². The summed E-state index contributed by atoms with van der Waals surface area (Å²) in [5.41, 5.74) is 5.99. The number of carbonyl (C=O) groups excluding carboxylic acids is 1. The van der Waals surface area contributed by atoms with Crippen LogP contribution < -0.4 is 11.1 Å². The van der Waals surface area contributed by atoms with Crippen molar-refractivity contribution in [3.63, 3.8) is 0 Å². The summed E-state index contributed by atoms with van der Waals surface area (Å²) in [5.74, 6) is -3.18. The standard InChI is InChI=1S/C16H18BN3O6/c18-13-6-9(4-5-19-13)7-14(21)20-12(17(25)26)8-10-2-1-3-11(15(10)22)16(23)24/h1-6,12,22,25-26H,7-8H2,(H2,18,19)(H,20,21)(H,23,24). The Labute approximate surface area is 149 Å². The van der Waals surface area contributed by atoms with Gasteiger partial charge >= 0.3 is 13.1 Å². The van der Waals surface area contributed by atoms with Crippen molar-refractivity contribution >= 4 is 24.8 Å². The number of amides is 1. The van der Waals surface area contributed by atoms with E-state index in [2.05, 4.69) is 10.3 Å². The van der Waals surface area contributed by atoms with Crippen molar-refractivity contribution in [2.75, 3.05) is 5.73 Å². The number of pyridine rings is 1. The summed E-state index contributed by atoms with van der Waals surface area (Å²) in [5, 5.41) is 40.5.